The second kappa shape index (κ2) is 6.71. The first-order valence-corrected chi connectivity index (χ1v) is 9.66. The molecule has 26 heavy (non-hydrogen) atoms. The van der Waals surface area contributed by atoms with Gasteiger partial charge in [0.25, 0.3) is 0 Å². The van der Waals surface area contributed by atoms with Gasteiger partial charge in [-0.3, -0.25) is 4.79 Å². The summed E-state index contributed by atoms with van der Waals surface area (Å²) in [6, 6.07) is 7.84. The number of fused-ring (bicyclic) bond motifs is 1. The van der Waals surface area contributed by atoms with Crippen LogP contribution in [-0.2, 0) is 11.2 Å². The topological polar surface area (TPSA) is 64.2 Å². The average molecular weight is 373 g/mol. The number of aromatic nitrogens is 2. The standard InChI is InChI=1S/C20H25ClN4O/c1-12-17(13(2)25(23-12)16-6-4-15(21)5-7-16)9-20(26)24-10-14-3-8-19(22)18(14)11-24/h4-7,14,18-19H,3,8-11,22H2,1-2H3. The molecule has 1 aromatic carbocycles. The Morgan fingerprint density at radius 1 is 1.23 bits per heavy atom. The van der Waals surface area contributed by atoms with E-state index < -0.39 is 0 Å². The van der Waals surface area contributed by atoms with Gasteiger partial charge in [0.2, 0.25) is 5.91 Å². The third-order valence-electron chi connectivity index (χ3n) is 6.11. The van der Waals surface area contributed by atoms with Crippen molar-refractivity contribution in [1.82, 2.24) is 14.7 Å². The summed E-state index contributed by atoms with van der Waals surface area (Å²) < 4.78 is 1.89. The van der Waals surface area contributed by atoms with Crippen LogP contribution >= 0.6 is 11.6 Å². The van der Waals surface area contributed by atoms with Gasteiger partial charge in [0.1, 0.15) is 0 Å². The predicted octanol–water partition coefficient (Wildman–Crippen LogP) is 2.88. The second-order valence-corrected chi connectivity index (χ2v) is 8.11. The summed E-state index contributed by atoms with van der Waals surface area (Å²) in [6.07, 6.45) is 2.66. The minimum Gasteiger partial charge on any atom is -0.342 e. The molecule has 1 aliphatic heterocycles. The van der Waals surface area contributed by atoms with Crippen LogP contribution in [0.5, 0.6) is 0 Å². The number of halogens is 1. The van der Waals surface area contributed by atoms with E-state index in [1.54, 1.807) is 0 Å². The van der Waals surface area contributed by atoms with Gasteiger partial charge in [0.15, 0.2) is 0 Å². The molecular formula is C20H25ClN4O. The molecule has 2 N–H and O–H groups in total. The molecule has 2 fully saturated rings. The Labute approximate surface area is 159 Å². The van der Waals surface area contributed by atoms with E-state index in [0.29, 0.717) is 23.3 Å². The van der Waals surface area contributed by atoms with E-state index in [-0.39, 0.29) is 11.9 Å². The van der Waals surface area contributed by atoms with E-state index in [0.717, 1.165) is 48.6 Å². The van der Waals surface area contributed by atoms with Gasteiger partial charge in [-0.2, -0.15) is 5.10 Å². The number of hydrogen-bond acceptors (Lipinski definition) is 3. The zero-order chi connectivity index (χ0) is 18.4. The van der Waals surface area contributed by atoms with Crippen molar-refractivity contribution in [2.75, 3.05) is 13.1 Å². The molecule has 4 rings (SSSR count). The van der Waals surface area contributed by atoms with Gasteiger partial charge < -0.3 is 10.6 Å². The zero-order valence-corrected chi connectivity index (χ0v) is 16.0. The van der Waals surface area contributed by atoms with Crippen molar-refractivity contribution in [2.24, 2.45) is 17.6 Å². The Kier molecular flexibility index (Phi) is 4.53. The van der Waals surface area contributed by atoms with Gasteiger partial charge in [0, 0.05) is 35.4 Å². The Bertz CT molecular complexity index is 829. The fraction of sp³-hybridized carbons (Fsp3) is 0.500. The van der Waals surface area contributed by atoms with Crippen molar-refractivity contribution in [3.8, 4) is 5.69 Å². The number of hydrogen-bond donors (Lipinski definition) is 1. The summed E-state index contributed by atoms with van der Waals surface area (Å²) in [4.78, 5) is 14.9. The summed E-state index contributed by atoms with van der Waals surface area (Å²) >= 11 is 5.98. The first kappa shape index (κ1) is 17.6. The minimum atomic E-state index is 0.188. The van der Waals surface area contributed by atoms with Gasteiger partial charge in [-0.15, -0.1) is 0 Å². The Hall–Kier alpha value is -1.85. The molecule has 1 aliphatic carbocycles. The molecule has 1 amide bonds. The normalized spacial score (nSPS) is 24.9. The van der Waals surface area contributed by atoms with Crippen LogP contribution in [0, 0.1) is 25.7 Å². The van der Waals surface area contributed by atoms with Crippen molar-refractivity contribution < 1.29 is 4.79 Å². The first-order chi connectivity index (χ1) is 12.4. The van der Waals surface area contributed by atoms with E-state index in [1.807, 2.05) is 47.7 Å². The van der Waals surface area contributed by atoms with E-state index >= 15 is 0 Å². The number of amides is 1. The molecule has 0 spiro atoms. The number of rotatable bonds is 3. The van der Waals surface area contributed by atoms with Crippen LogP contribution in [-0.4, -0.2) is 39.7 Å². The molecule has 3 atom stereocenters. The highest BCUT2D eigenvalue weighted by atomic mass is 35.5. The lowest BCUT2D eigenvalue weighted by molar-refractivity contribution is -0.129. The first-order valence-electron chi connectivity index (χ1n) is 9.28. The van der Waals surface area contributed by atoms with Crippen LogP contribution in [0.3, 0.4) is 0 Å². The smallest absolute Gasteiger partial charge is 0.227 e. The third-order valence-corrected chi connectivity index (χ3v) is 6.36. The molecule has 6 heteroatoms. The Morgan fingerprint density at radius 3 is 2.65 bits per heavy atom. The average Bonchev–Trinajstić information content (AvgIpc) is 3.27. The number of carbonyl (C=O) groups is 1. The van der Waals surface area contributed by atoms with Crippen molar-refractivity contribution in [1.29, 1.82) is 0 Å². The van der Waals surface area contributed by atoms with Crippen LogP contribution in [0.1, 0.15) is 29.8 Å². The summed E-state index contributed by atoms with van der Waals surface area (Å²) in [6.45, 7) is 5.66. The number of nitrogens with two attached hydrogens (primary N) is 1. The SMILES string of the molecule is Cc1nn(-c2ccc(Cl)cc2)c(C)c1CC(=O)N1CC2CCC(N)C2C1. The molecule has 0 bridgehead atoms. The maximum Gasteiger partial charge on any atom is 0.227 e. The lowest BCUT2D eigenvalue weighted by atomic mass is 9.98. The molecule has 138 valence electrons. The van der Waals surface area contributed by atoms with Crippen LogP contribution in [0.25, 0.3) is 5.69 Å². The second-order valence-electron chi connectivity index (χ2n) is 7.68. The maximum absolute atomic E-state index is 12.9. The molecule has 1 saturated carbocycles. The van der Waals surface area contributed by atoms with Gasteiger partial charge in [-0.25, -0.2) is 4.68 Å². The molecule has 5 nitrogen and oxygen atoms in total. The van der Waals surface area contributed by atoms with E-state index in [2.05, 4.69) is 5.10 Å². The number of aryl methyl sites for hydroxylation is 1. The van der Waals surface area contributed by atoms with Crippen LogP contribution in [0.4, 0.5) is 0 Å². The summed E-state index contributed by atoms with van der Waals surface area (Å²) in [5.74, 6) is 1.26. The maximum atomic E-state index is 12.9. The van der Waals surface area contributed by atoms with Crippen LogP contribution in [0.15, 0.2) is 24.3 Å². The van der Waals surface area contributed by atoms with Crippen LogP contribution in [0.2, 0.25) is 5.02 Å². The Morgan fingerprint density at radius 2 is 1.96 bits per heavy atom. The largest absolute Gasteiger partial charge is 0.342 e. The quantitative estimate of drug-likeness (QED) is 0.901. The fourth-order valence-corrected chi connectivity index (χ4v) is 4.66. The molecule has 0 radical (unpaired) electrons. The van der Waals surface area contributed by atoms with Crippen molar-refractivity contribution in [3.05, 3.63) is 46.2 Å². The molecular weight excluding hydrogens is 348 g/mol. The molecule has 3 unspecified atom stereocenters. The number of nitrogens with zero attached hydrogens (tertiary/aromatic N) is 3. The minimum absolute atomic E-state index is 0.188. The van der Waals surface area contributed by atoms with Gasteiger partial charge in [0.05, 0.1) is 17.8 Å². The zero-order valence-electron chi connectivity index (χ0n) is 15.3. The van der Waals surface area contributed by atoms with E-state index in [1.165, 1.54) is 0 Å². The molecule has 1 aromatic heterocycles. The molecule has 2 heterocycles. The lowest BCUT2D eigenvalue weighted by Gasteiger charge is -2.19. The van der Waals surface area contributed by atoms with Gasteiger partial charge in [-0.05, 0) is 62.8 Å². The lowest BCUT2D eigenvalue weighted by Crippen LogP contribution is -2.34. The van der Waals surface area contributed by atoms with E-state index in [9.17, 15) is 4.79 Å². The summed E-state index contributed by atoms with van der Waals surface area (Å²) in [5, 5.41) is 5.34. The summed E-state index contributed by atoms with van der Waals surface area (Å²) in [5.41, 5.74) is 10.1. The highest BCUT2D eigenvalue weighted by Crippen LogP contribution is 2.37. The number of carbonyl (C=O) groups excluding carboxylic acids is 1. The number of likely N-dealkylation sites (tertiary alicyclic amines) is 1. The van der Waals surface area contributed by atoms with E-state index in [4.69, 9.17) is 17.3 Å². The Balaban J connectivity index is 1.52. The highest BCUT2D eigenvalue weighted by Gasteiger charge is 2.42. The van der Waals surface area contributed by atoms with Crippen molar-refractivity contribution in [3.63, 3.8) is 0 Å². The van der Waals surface area contributed by atoms with Gasteiger partial charge in [-0.1, -0.05) is 11.6 Å². The molecule has 2 aromatic rings. The van der Waals surface area contributed by atoms with Gasteiger partial charge >= 0.3 is 0 Å². The van der Waals surface area contributed by atoms with Crippen molar-refractivity contribution >= 4 is 17.5 Å². The fourth-order valence-electron chi connectivity index (χ4n) is 4.54. The predicted molar refractivity (Wildman–Crippen MR) is 103 cm³/mol. The third kappa shape index (κ3) is 3.03. The molecule has 1 saturated heterocycles. The highest BCUT2D eigenvalue weighted by molar-refractivity contribution is 6.30. The monoisotopic (exact) mass is 372 g/mol. The van der Waals surface area contributed by atoms with Crippen LogP contribution < -0.4 is 5.73 Å². The van der Waals surface area contributed by atoms with Crippen molar-refractivity contribution in [2.45, 2.75) is 39.2 Å². The molecule has 2 aliphatic rings. The summed E-state index contributed by atoms with van der Waals surface area (Å²) in [7, 11) is 0. The number of benzene rings is 1.